The second kappa shape index (κ2) is 5.25. The lowest BCUT2D eigenvalue weighted by Crippen LogP contribution is -2.29. The topological polar surface area (TPSA) is 57.9 Å². The van der Waals surface area contributed by atoms with Gasteiger partial charge in [0.15, 0.2) is 0 Å². The van der Waals surface area contributed by atoms with Crippen molar-refractivity contribution in [1.29, 1.82) is 0 Å². The lowest BCUT2D eigenvalue weighted by Gasteiger charge is -2.27. The third-order valence-electron chi connectivity index (χ3n) is 4.50. The molecule has 4 nitrogen and oxygen atoms in total. The lowest BCUT2D eigenvalue weighted by molar-refractivity contribution is 0.224. The molecule has 0 unspecified atom stereocenters. The number of hydrogen-bond donors (Lipinski definition) is 2. The first-order valence-electron chi connectivity index (χ1n) is 7.73. The maximum absolute atomic E-state index is 6.33. The normalized spacial score (nSPS) is 28.0. The van der Waals surface area contributed by atoms with Crippen LogP contribution in [0.4, 0.5) is 0 Å². The van der Waals surface area contributed by atoms with Gasteiger partial charge in [0.05, 0.1) is 11.7 Å². The van der Waals surface area contributed by atoms with Crippen LogP contribution in [-0.2, 0) is 6.42 Å². The molecule has 4 heteroatoms. The van der Waals surface area contributed by atoms with Crippen molar-refractivity contribution < 1.29 is 0 Å². The SMILES string of the molecule is CC(C)CN1CCC[C@@H]1c1n[nH]c2c1[C@H](N)CCC2. The molecule has 1 aromatic rings. The zero-order chi connectivity index (χ0) is 13.4. The fourth-order valence-corrected chi connectivity index (χ4v) is 3.73. The molecule has 1 aliphatic carbocycles. The van der Waals surface area contributed by atoms with Crippen molar-refractivity contribution in [3.63, 3.8) is 0 Å². The molecule has 19 heavy (non-hydrogen) atoms. The molecule has 0 amide bonds. The monoisotopic (exact) mass is 262 g/mol. The minimum Gasteiger partial charge on any atom is -0.324 e. The lowest BCUT2D eigenvalue weighted by atomic mass is 9.89. The van der Waals surface area contributed by atoms with E-state index in [1.54, 1.807) is 0 Å². The van der Waals surface area contributed by atoms with E-state index in [0.717, 1.165) is 12.8 Å². The number of H-pyrrole nitrogens is 1. The third-order valence-corrected chi connectivity index (χ3v) is 4.50. The molecule has 2 aliphatic rings. The van der Waals surface area contributed by atoms with Crippen molar-refractivity contribution in [2.75, 3.05) is 13.1 Å². The Bertz CT molecular complexity index is 437. The minimum absolute atomic E-state index is 0.194. The van der Waals surface area contributed by atoms with Crippen LogP contribution in [0.2, 0.25) is 0 Å². The average molecular weight is 262 g/mol. The molecule has 3 rings (SSSR count). The van der Waals surface area contributed by atoms with Crippen LogP contribution in [0.5, 0.6) is 0 Å². The van der Waals surface area contributed by atoms with Crippen molar-refractivity contribution in [2.24, 2.45) is 11.7 Å². The Kier molecular flexibility index (Phi) is 3.63. The van der Waals surface area contributed by atoms with Crippen LogP contribution in [-0.4, -0.2) is 28.2 Å². The van der Waals surface area contributed by atoms with Gasteiger partial charge in [-0.15, -0.1) is 0 Å². The molecule has 1 saturated heterocycles. The number of nitrogens with one attached hydrogen (secondary N) is 1. The number of aryl methyl sites for hydroxylation is 1. The Morgan fingerprint density at radius 1 is 1.37 bits per heavy atom. The summed E-state index contributed by atoms with van der Waals surface area (Å²) in [6.45, 7) is 6.96. The van der Waals surface area contributed by atoms with Gasteiger partial charge >= 0.3 is 0 Å². The van der Waals surface area contributed by atoms with Crippen LogP contribution in [0.15, 0.2) is 0 Å². The number of hydrogen-bond acceptors (Lipinski definition) is 3. The third kappa shape index (κ3) is 2.43. The molecule has 0 aromatic carbocycles. The number of fused-ring (bicyclic) bond motifs is 1. The number of nitrogens with zero attached hydrogens (tertiary/aromatic N) is 2. The van der Waals surface area contributed by atoms with Gasteiger partial charge in [-0.3, -0.25) is 10.00 Å². The van der Waals surface area contributed by atoms with E-state index < -0.39 is 0 Å². The Balaban J connectivity index is 1.87. The first-order valence-corrected chi connectivity index (χ1v) is 7.73. The number of nitrogens with two attached hydrogens (primary N) is 1. The quantitative estimate of drug-likeness (QED) is 0.880. The summed E-state index contributed by atoms with van der Waals surface area (Å²) in [7, 11) is 0. The Labute approximate surface area is 115 Å². The van der Waals surface area contributed by atoms with Gasteiger partial charge in [0.2, 0.25) is 0 Å². The van der Waals surface area contributed by atoms with E-state index in [0.29, 0.717) is 12.0 Å². The van der Waals surface area contributed by atoms with E-state index in [-0.39, 0.29) is 6.04 Å². The van der Waals surface area contributed by atoms with Gasteiger partial charge in [-0.2, -0.15) is 5.10 Å². The molecule has 1 fully saturated rings. The van der Waals surface area contributed by atoms with Gasteiger partial charge < -0.3 is 5.73 Å². The molecule has 1 aromatic heterocycles. The molecule has 2 heterocycles. The molecule has 1 aliphatic heterocycles. The summed E-state index contributed by atoms with van der Waals surface area (Å²) in [5.74, 6) is 0.712. The molecule has 3 N–H and O–H groups in total. The molecule has 106 valence electrons. The summed E-state index contributed by atoms with van der Waals surface area (Å²) in [6, 6.07) is 0.686. The highest BCUT2D eigenvalue weighted by Crippen LogP contribution is 2.38. The summed E-state index contributed by atoms with van der Waals surface area (Å²) < 4.78 is 0. The summed E-state index contributed by atoms with van der Waals surface area (Å²) in [5.41, 5.74) is 10.2. The van der Waals surface area contributed by atoms with E-state index in [2.05, 4.69) is 28.9 Å². The van der Waals surface area contributed by atoms with Crippen molar-refractivity contribution in [2.45, 2.75) is 58.0 Å². The number of likely N-dealkylation sites (tertiary alicyclic amines) is 1. The van der Waals surface area contributed by atoms with Crippen molar-refractivity contribution >= 4 is 0 Å². The van der Waals surface area contributed by atoms with Crippen molar-refractivity contribution in [1.82, 2.24) is 15.1 Å². The highest BCUT2D eigenvalue weighted by molar-refractivity contribution is 5.33. The van der Waals surface area contributed by atoms with E-state index >= 15 is 0 Å². The second-order valence-corrected chi connectivity index (χ2v) is 6.55. The van der Waals surface area contributed by atoms with Gasteiger partial charge in [-0.1, -0.05) is 13.8 Å². The van der Waals surface area contributed by atoms with Gasteiger partial charge in [0.1, 0.15) is 0 Å². The Morgan fingerprint density at radius 3 is 3.00 bits per heavy atom. The van der Waals surface area contributed by atoms with Crippen LogP contribution in [0, 0.1) is 5.92 Å². The van der Waals surface area contributed by atoms with Crippen LogP contribution in [0.25, 0.3) is 0 Å². The first-order chi connectivity index (χ1) is 9.16. The fourth-order valence-electron chi connectivity index (χ4n) is 3.73. The summed E-state index contributed by atoms with van der Waals surface area (Å²) in [4.78, 5) is 2.60. The van der Waals surface area contributed by atoms with Gasteiger partial charge in [-0.25, -0.2) is 0 Å². The summed E-state index contributed by atoms with van der Waals surface area (Å²) in [5, 5.41) is 7.89. The van der Waals surface area contributed by atoms with Crippen LogP contribution >= 0.6 is 0 Å². The fraction of sp³-hybridized carbons (Fsp3) is 0.800. The molecular weight excluding hydrogens is 236 g/mol. The maximum Gasteiger partial charge on any atom is 0.0844 e. The predicted octanol–water partition coefficient (Wildman–Crippen LogP) is 2.54. The standard InChI is InChI=1S/C15H26N4/c1-10(2)9-19-8-4-7-13(19)15-14-11(16)5-3-6-12(14)17-18-15/h10-11,13H,3-9,16H2,1-2H3,(H,17,18)/t11-,13-/m1/s1. The molecule has 0 spiro atoms. The van der Waals surface area contributed by atoms with Gasteiger partial charge in [-0.05, 0) is 44.6 Å². The largest absolute Gasteiger partial charge is 0.324 e. The van der Waals surface area contributed by atoms with Gasteiger partial charge in [0, 0.05) is 23.8 Å². The highest BCUT2D eigenvalue weighted by Gasteiger charge is 2.33. The van der Waals surface area contributed by atoms with Crippen LogP contribution in [0.3, 0.4) is 0 Å². The molecule has 0 saturated carbocycles. The summed E-state index contributed by atoms with van der Waals surface area (Å²) >= 11 is 0. The second-order valence-electron chi connectivity index (χ2n) is 6.55. The average Bonchev–Trinajstić information content (AvgIpc) is 2.95. The molecule has 2 atom stereocenters. The maximum atomic E-state index is 6.33. The minimum atomic E-state index is 0.194. The van der Waals surface area contributed by atoms with Gasteiger partial charge in [0.25, 0.3) is 0 Å². The molecular formula is C15H26N4. The van der Waals surface area contributed by atoms with E-state index in [1.165, 1.54) is 49.3 Å². The van der Waals surface area contributed by atoms with Crippen molar-refractivity contribution in [3.8, 4) is 0 Å². The van der Waals surface area contributed by atoms with Crippen LogP contribution in [0.1, 0.15) is 68.6 Å². The predicted molar refractivity (Wildman–Crippen MR) is 76.8 cm³/mol. The Morgan fingerprint density at radius 2 is 2.21 bits per heavy atom. The van der Waals surface area contributed by atoms with E-state index in [1.807, 2.05) is 0 Å². The Hall–Kier alpha value is -0.870. The highest BCUT2D eigenvalue weighted by atomic mass is 15.2. The molecule has 0 radical (unpaired) electrons. The van der Waals surface area contributed by atoms with E-state index in [4.69, 9.17) is 5.73 Å². The zero-order valence-electron chi connectivity index (χ0n) is 12.2. The summed E-state index contributed by atoms with van der Waals surface area (Å²) in [6.07, 6.45) is 5.94. The number of aromatic nitrogens is 2. The first kappa shape index (κ1) is 13.1. The van der Waals surface area contributed by atoms with Crippen molar-refractivity contribution in [3.05, 3.63) is 17.0 Å². The zero-order valence-corrected chi connectivity index (χ0v) is 12.2. The number of rotatable bonds is 3. The smallest absolute Gasteiger partial charge is 0.0844 e. The van der Waals surface area contributed by atoms with Crippen LogP contribution < -0.4 is 5.73 Å². The molecule has 0 bridgehead atoms. The number of aromatic amines is 1. The van der Waals surface area contributed by atoms with E-state index in [9.17, 15) is 0 Å².